The predicted octanol–water partition coefficient (Wildman–Crippen LogP) is 0.894. The first-order valence-corrected chi connectivity index (χ1v) is 9.71. The summed E-state index contributed by atoms with van der Waals surface area (Å²) >= 11 is 0. The molecular weight excluding hydrogens is 414 g/mol. The van der Waals surface area contributed by atoms with Crippen molar-refractivity contribution in [1.29, 1.82) is 0 Å². The number of hydrogen-bond acceptors (Lipinski definition) is 9. The van der Waals surface area contributed by atoms with Crippen LogP contribution in [0.25, 0.3) is 0 Å². The molecule has 12 heteroatoms. The fourth-order valence-electron chi connectivity index (χ4n) is 2.89. The molecule has 1 aliphatic heterocycles. The van der Waals surface area contributed by atoms with Crippen molar-refractivity contribution < 1.29 is 38.8 Å². The van der Waals surface area contributed by atoms with E-state index in [2.05, 4.69) is 10.3 Å². The molecule has 0 aliphatic carbocycles. The molecular formula is C19H27N3O9. The topological polar surface area (TPSA) is 166 Å². The molecule has 1 amide bonds. The van der Waals surface area contributed by atoms with E-state index in [9.17, 15) is 24.3 Å². The van der Waals surface area contributed by atoms with Gasteiger partial charge in [0.15, 0.2) is 0 Å². The van der Waals surface area contributed by atoms with Crippen molar-refractivity contribution in [3.05, 3.63) is 22.7 Å². The summed E-state index contributed by atoms with van der Waals surface area (Å²) in [7, 11) is 0. The smallest absolute Gasteiger partial charge is 0.413 e. The van der Waals surface area contributed by atoms with Gasteiger partial charge >= 0.3 is 23.7 Å². The summed E-state index contributed by atoms with van der Waals surface area (Å²) in [4.78, 5) is 50.1. The van der Waals surface area contributed by atoms with Gasteiger partial charge in [-0.25, -0.2) is 9.59 Å². The van der Waals surface area contributed by atoms with Crippen LogP contribution in [0.2, 0.25) is 0 Å². The van der Waals surface area contributed by atoms with E-state index in [1.807, 2.05) is 0 Å². The van der Waals surface area contributed by atoms with Crippen LogP contribution in [-0.2, 0) is 23.8 Å². The molecule has 0 bridgehead atoms. The fraction of sp³-hybridized carbons (Fsp3) is 0.632. The molecule has 172 valence electrons. The molecule has 2 heterocycles. The summed E-state index contributed by atoms with van der Waals surface area (Å²) in [5.41, 5.74) is -1.39. The molecule has 0 saturated carbocycles. The fourth-order valence-corrected chi connectivity index (χ4v) is 2.89. The molecule has 0 spiro atoms. The maximum atomic E-state index is 12.4. The Morgan fingerprint density at radius 3 is 2.61 bits per heavy atom. The van der Waals surface area contributed by atoms with Crippen LogP contribution >= 0.6 is 0 Å². The molecule has 0 aromatic carbocycles. The Morgan fingerprint density at radius 2 is 2.03 bits per heavy atom. The van der Waals surface area contributed by atoms with Crippen LogP contribution in [0.4, 0.5) is 10.6 Å². The van der Waals surface area contributed by atoms with Gasteiger partial charge in [-0.15, -0.1) is 0 Å². The first-order chi connectivity index (χ1) is 14.5. The number of aliphatic hydroxyl groups excluding tert-OH is 1. The Bertz CT molecular complexity index is 862. The third kappa shape index (κ3) is 7.64. The number of carboxylic acids is 1. The van der Waals surface area contributed by atoms with Crippen LogP contribution in [-0.4, -0.2) is 62.7 Å². The van der Waals surface area contributed by atoms with Crippen molar-refractivity contribution in [2.45, 2.75) is 58.0 Å². The number of anilines is 1. The molecule has 0 radical (unpaired) electrons. The van der Waals surface area contributed by atoms with E-state index in [-0.39, 0.29) is 38.3 Å². The molecule has 0 unspecified atom stereocenters. The Labute approximate surface area is 178 Å². The quantitative estimate of drug-likeness (QED) is 0.493. The number of nitrogens with zero attached hydrogens (tertiary/aromatic N) is 2. The third-order valence-electron chi connectivity index (χ3n) is 4.32. The predicted molar refractivity (Wildman–Crippen MR) is 105 cm³/mol. The number of carboxylic acid groups (broad SMARTS) is 1. The zero-order valence-electron chi connectivity index (χ0n) is 17.6. The Balaban J connectivity index is 1.98. The van der Waals surface area contributed by atoms with Crippen LogP contribution in [0.3, 0.4) is 0 Å². The number of aromatic nitrogens is 2. The second-order valence-corrected chi connectivity index (χ2v) is 8.01. The van der Waals surface area contributed by atoms with E-state index in [1.54, 1.807) is 20.8 Å². The summed E-state index contributed by atoms with van der Waals surface area (Å²) in [6.45, 7) is 4.67. The van der Waals surface area contributed by atoms with Crippen LogP contribution in [0, 0.1) is 5.92 Å². The number of carbonyl (C=O) groups is 3. The van der Waals surface area contributed by atoms with Gasteiger partial charge in [0, 0.05) is 25.1 Å². The zero-order chi connectivity index (χ0) is 23.2. The first-order valence-electron chi connectivity index (χ1n) is 9.71. The van der Waals surface area contributed by atoms with E-state index in [1.165, 1.54) is 16.8 Å². The van der Waals surface area contributed by atoms with Gasteiger partial charge in [0.1, 0.15) is 24.3 Å². The molecule has 1 saturated heterocycles. The molecule has 1 fully saturated rings. The Hall–Kier alpha value is -2.99. The van der Waals surface area contributed by atoms with Gasteiger partial charge in [0.25, 0.3) is 0 Å². The van der Waals surface area contributed by atoms with Crippen molar-refractivity contribution >= 4 is 23.8 Å². The monoisotopic (exact) mass is 441 g/mol. The number of ether oxygens (including phenoxy) is 3. The highest BCUT2D eigenvalue weighted by Crippen LogP contribution is 2.32. The van der Waals surface area contributed by atoms with Gasteiger partial charge in [-0.3, -0.25) is 19.5 Å². The van der Waals surface area contributed by atoms with Crippen LogP contribution in [0.5, 0.6) is 0 Å². The number of hydrogen-bond donors (Lipinski definition) is 3. The van der Waals surface area contributed by atoms with Crippen molar-refractivity contribution in [2.24, 2.45) is 5.92 Å². The largest absolute Gasteiger partial charge is 0.481 e. The maximum absolute atomic E-state index is 12.4. The minimum Gasteiger partial charge on any atom is -0.481 e. The molecule has 2 rings (SSSR count). The van der Waals surface area contributed by atoms with Crippen LogP contribution in [0.15, 0.2) is 17.1 Å². The maximum Gasteiger partial charge on any atom is 0.413 e. The van der Waals surface area contributed by atoms with Gasteiger partial charge in [-0.2, -0.15) is 4.98 Å². The SMILES string of the molecule is CC(C)(C)OC(=O)Nc1ccn([C@H]2C[C@H](CO)[C@@H](COC(=O)CCC(=O)O)O2)c(=O)n1. The highest BCUT2D eigenvalue weighted by atomic mass is 16.6. The number of amides is 1. The normalized spacial score (nSPS) is 20.8. The number of aliphatic hydroxyl groups is 1. The molecule has 31 heavy (non-hydrogen) atoms. The van der Waals surface area contributed by atoms with Crippen molar-refractivity contribution in [1.82, 2.24) is 9.55 Å². The molecule has 3 N–H and O–H groups in total. The van der Waals surface area contributed by atoms with E-state index in [0.29, 0.717) is 0 Å². The lowest BCUT2D eigenvalue weighted by Crippen LogP contribution is -2.31. The summed E-state index contributed by atoms with van der Waals surface area (Å²) in [5.74, 6) is -2.19. The van der Waals surface area contributed by atoms with E-state index < -0.39 is 47.6 Å². The molecule has 1 aromatic rings. The number of esters is 1. The van der Waals surface area contributed by atoms with Gasteiger partial charge in [-0.1, -0.05) is 0 Å². The van der Waals surface area contributed by atoms with Crippen LogP contribution in [0.1, 0.15) is 46.3 Å². The van der Waals surface area contributed by atoms with Gasteiger partial charge in [-0.05, 0) is 26.8 Å². The summed E-state index contributed by atoms with van der Waals surface area (Å²) in [5, 5.41) is 20.6. The standard InChI is InChI=1S/C19H27N3O9/c1-19(2,3)31-18(28)21-13-6-7-22(17(27)20-13)14-8-11(9-23)12(30-14)10-29-16(26)5-4-15(24)25/h6-7,11-12,14,23H,4-5,8-10H2,1-3H3,(H,24,25)(H,20,21,27,28)/t11-,12-,14-/m1/s1. The summed E-state index contributed by atoms with van der Waals surface area (Å²) in [6, 6.07) is 1.40. The minimum absolute atomic E-state index is 0.0103. The summed E-state index contributed by atoms with van der Waals surface area (Å²) in [6.07, 6.45) is -1.13. The Morgan fingerprint density at radius 1 is 1.32 bits per heavy atom. The van der Waals surface area contributed by atoms with Crippen molar-refractivity contribution in [3.63, 3.8) is 0 Å². The molecule has 3 atom stereocenters. The van der Waals surface area contributed by atoms with Gasteiger partial charge < -0.3 is 24.4 Å². The molecule has 1 aromatic heterocycles. The third-order valence-corrected chi connectivity index (χ3v) is 4.32. The first kappa shape index (κ1) is 24.3. The second-order valence-electron chi connectivity index (χ2n) is 8.01. The molecule has 1 aliphatic rings. The molecule has 12 nitrogen and oxygen atoms in total. The summed E-state index contributed by atoms with van der Waals surface area (Å²) < 4.78 is 17.1. The minimum atomic E-state index is -1.11. The Kier molecular flexibility index (Phi) is 8.11. The van der Waals surface area contributed by atoms with Crippen molar-refractivity contribution in [2.75, 3.05) is 18.5 Å². The van der Waals surface area contributed by atoms with E-state index in [4.69, 9.17) is 19.3 Å². The lowest BCUT2D eigenvalue weighted by Gasteiger charge is -2.19. The van der Waals surface area contributed by atoms with Gasteiger partial charge in [0.2, 0.25) is 0 Å². The number of carbonyl (C=O) groups excluding carboxylic acids is 2. The van der Waals surface area contributed by atoms with E-state index >= 15 is 0 Å². The average molecular weight is 441 g/mol. The number of rotatable bonds is 8. The highest BCUT2D eigenvalue weighted by Gasteiger charge is 2.37. The zero-order valence-corrected chi connectivity index (χ0v) is 17.6. The van der Waals surface area contributed by atoms with Crippen molar-refractivity contribution in [3.8, 4) is 0 Å². The highest BCUT2D eigenvalue weighted by molar-refractivity contribution is 5.83. The average Bonchev–Trinajstić information content (AvgIpc) is 3.06. The van der Waals surface area contributed by atoms with Gasteiger partial charge in [0.05, 0.1) is 18.9 Å². The number of nitrogens with one attached hydrogen (secondary N) is 1. The lowest BCUT2D eigenvalue weighted by atomic mass is 10.0. The second kappa shape index (κ2) is 10.4. The number of aliphatic carboxylic acids is 1. The van der Waals surface area contributed by atoms with E-state index in [0.717, 1.165) is 0 Å². The van der Waals surface area contributed by atoms with Crippen LogP contribution < -0.4 is 11.0 Å². The lowest BCUT2D eigenvalue weighted by molar-refractivity contribution is -0.152.